The third-order valence-corrected chi connectivity index (χ3v) is 4.46. The van der Waals surface area contributed by atoms with Gasteiger partial charge in [-0.15, -0.1) is 0 Å². The largest absolute Gasteiger partial charge is 0.491 e. The van der Waals surface area contributed by atoms with Crippen molar-refractivity contribution in [1.82, 2.24) is 9.88 Å². The Bertz CT molecular complexity index is 812. The lowest BCUT2D eigenvalue weighted by molar-refractivity contribution is -0.137. The molecule has 1 aromatic carbocycles. The van der Waals surface area contributed by atoms with Crippen LogP contribution < -0.4 is 15.1 Å². The summed E-state index contributed by atoms with van der Waals surface area (Å²) in [6, 6.07) is 6.92. The maximum Gasteiger partial charge on any atom is 0.416 e. The second-order valence-electron chi connectivity index (χ2n) is 6.20. The van der Waals surface area contributed by atoms with Crippen LogP contribution in [0.4, 0.5) is 18.9 Å². The molecule has 0 atom stereocenters. The number of H-pyrrole nitrogens is 1. The quantitative estimate of drug-likeness (QED) is 0.903. The molecule has 140 valence electrons. The zero-order valence-electron chi connectivity index (χ0n) is 14.3. The minimum Gasteiger partial charge on any atom is -0.491 e. The van der Waals surface area contributed by atoms with Gasteiger partial charge < -0.3 is 14.6 Å². The van der Waals surface area contributed by atoms with Crippen molar-refractivity contribution in [2.75, 3.05) is 38.2 Å². The molecule has 0 amide bonds. The van der Waals surface area contributed by atoms with Crippen LogP contribution >= 0.6 is 0 Å². The maximum atomic E-state index is 12.9. The van der Waals surface area contributed by atoms with E-state index in [9.17, 15) is 18.0 Å². The van der Waals surface area contributed by atoms with Gasteiger partial charge in [0.25, 0.3) is 0 Å². The highest BCUT2D eigenvalue weighted by atomic mass is 19.4. The minimum atomic E-state index is -4.34. The van der Waals surface area contributed by atoms with Crippen LogP contribution in [0.2, 0.25) is 0 Å². The lowest BCUT2D eigenvalue weighted by Gasteiger charge is -2.36. The van der Waals surface area contributed by atoms with Crippen LogP contribution in [0, 0.1) is 0 Å². The molecule has 1 N–H and O–H groups in total. The van der Waals surface area contributed by atoms with Crippen LogP contribution in [0.1, 0.15) is 11.3 Å². The summed E-state index contributed by atoms with van der Waals surface area (Å²) in [7, 11) is 1.44. The molecular weight excluding hydrogens is 347 g/mol. The summed E-state index contributed by atoms with van der Waals surface area (Å²) >= 11 is 0. The van der Waals surface area contributed by atoms with E-state index in [2.05, 4.69) is 9.88 Å². The normalized spacial score (nSPS) is 15.9. The molecule has 0 bridgehead atoms. The van der Waals surface area contributed by atoms with Crippen molar-refractivity contribution in [3.05, 3.63) is 58.0 Å². The molecule has 3 rings (SSSR count). The van der Waals surface area contributed by atoms with Crippen molar-refractivity contribution in [1.29, 1.82) is 0 Å². The number of aromatic nitrogens is 1. The fraction of sp³-hybridized carbons (Fsp3) is 0.389. The smallest absolute Gasteiger partial charge is 0.416 e. The fourth-order valence-corrected chi connectivity index (χ4v) is 3.04. The summed E-state index contributed by atoms with van der Waals surface area (Å²) in [6.45, 7) is 3.23. The number of anilines is 1. The Morgan fingerprint density at radius 1 is 1.15 bits per heavy atom. The van der Waals surface area contributed by atoms with Gasteiger partial charge in [0.1, 0.15) is 0 Å². The summed E-state index contributed by atoms with van der Waals surface area (Å²) in [6.07, 6.45) is -2.80. The van der Waals surface area contributed by atoms with Crippen LogP contribution in [0.3, 0.4) is 0 Å². The highest BCUT2D eigenvalue weighted by Crippen LogP contribution is 2.31. The van der Waals surface area contributed by atoms with Gasteiger partial charge in [0, 0.05) is 56.4 Å². The number of hydrogen-bond donors (Lipinski definition) is 1. The topological polar surface area (TPSA) is 48.6 Å². The van der Waals surface area contributed by atoms with Crippen LogP contribution in [0.25, 0.3) is 0 Å². The number of aromatic amines is 1. The number of piperazine rings is 1. The molecule has 8 heteroatoms. The average molecular weight is 367 g/mol. The first-order valence-corrected chi connectivity index (χ1v) is 8.27. The second kappa shape index (κ2) is 7.41. The number of hydrogen-bond acceptors (Lipinski definition) is 4. The molecule has 0 radical (unpaired) electrons. The maximum absolute atomic E-state index is 12.9. The van der Waals surface area contributed by atoms with E-state index < -0.39 is 11.7 Å². The Morgan fingerprint density at radius 3 is 2.50 bits per heavy atom. The molecule has 26 heavy (non-hydrogen) atoms. The van der Waals surface area contributed by atoms with Crippen molar-refractivity contribution in [2.24, 2.45) is 0 Å². The third-order valence-electron chi connectivity index (χ3n) is 4.46. The number of alkyl halides is 3. The van der Waals surface area contributed by atoms with Gasteiger partial charge in [-0.1, -0.05) is 6.07 Å². The highest BCUT2D eigenvalue weighted by molar-refractivity contribution is 5.49. The molecule has 1 saturated heterocycles. The minimum absolute atomic E-state index is 0.177. The number of nitrogens with one attached hydrogen (secondary N) is 1. The zero-order valence-corrected chi connectivity index (χ0v) is 14.3. The van der Waals surface area contributed by atoms with E-state index in [0.29, 0.717) is 38.4 Å². The van der Waals surface area contributed by atoms with E-state index in [4.69, 9.17) is 4.74 Å². The molecule has 0 saturated carbocycles. The van der Waals surface area contributed by atoms with Crippen LogP contribution in [0.5, 0.6) is 5.75 Å². The van der Waals surface area contributed by atoms with E-state index in [0.717, 1.165) is 11.8 Å². The molecule has 0 spiro atoms. The number of methoxy groups -OCH3 is 1. The molecule has 0 unspecified atom stereocenters. The van der Waals surface area contributed by atoms with Gasteiger partial charge in [-0.05, 0) is 18.2 Å². The summed E-state index contributed by atoms with van der Waals surface area (Å²) in [5, 5.41) is 0. The monoisotopic (exact) mass is 367 g/mol. The lowest BCUT2D eigenvalue weighted by Crippen LogP contribution is -2.46. The number of benzene rings is 1. The predicted molar refractivity (Wildman–Crippen MR) is 92.5 cm³/mol. The summed E-state index contributed by atoms with van der Waals surface area (Å²) in [5.74, 6) is 0.267. The first-order chi connectivity index (χ1) is 12.4. The molecule has 0 aliphatic carbocycles. The molecule has 1 aromatic heterocycles. The Hall–Kier alpha value is -2.48. The second-order valence-corrected chi connectivity index (χ2v) is 6.20. The Labute approximate surface area is 149 Å². The predicted octanol–water partition coefficient (Wildman–Crippen LogP) is 2.72. The molecule has 1 aliphatic heterocycles. The zero-order chi connectivity index (χ0) is 18.7. The molecule has 1 fully saturated rings. The Balaban J connectivity index is 1.61. The van der Waals surface area contributed by atoms with Crippen molar-refractivity contribution in [2.45, 2.75) is 12.7 Å². The number of pyridine rings is 1. The van der Waals surface area contributed by atoms with Gasteiger partial charge in [0.2, 0.25) is 5.43 Å². The summed E-state index contributed by atoms with van der Waals surface area (Å²) in [5.41, 5.74) is 0.553. The number of rotatable bonds is 4. The lowest BCUT2D eigenvalue weighted by atomic mass is 10.1. The van der Waals surface area contributed by atoms with Crippen LogP contribution in [-0.2, 0) is 12.7 Å². The van der Waals surface area contributed by atoms with Crippen molar-refractivity contribution in [3.63, 3.8) is 0 Å². The van der Waals surface area contributed by atoms with Gasteiger partial charge in [-0.3, -0.25) is 9.69 Å². The summed E-state index contributed by atoms with van der Waals surface area (Å²) in [4.78, 5) is 18.9. The van der Waals surface area contributed by atoms with E-state index in [1.807, 2.05) is 4.90 Å². The molecule has 1 aliphatic rings. The third kappa shape index (κ3) is 4.19. The van der Waals surface area contributed by atoms with Crippen molar-refractivity contribution in [3.8, 4) is 5.75 Å². The number of nitrogens with zero attached hydrogens (tertiary/aromatic N) is 2. The van der Waals surface area contributed by atoms with E-state index in [-0.39, 0.29) is 11.2 Å². The van der Waals surface area contributed by atoms with E-state index >= 15 is 0 Å². The Kier molecular flexibility index (Phi) is 5.22. The van der Waals surface area contributed by atoms with E-state index in [1.165, 1.54) is 31.5 Å². The van der Waals surface area contributed by atoms with Gasteiger partial charge in [0.05, 0.1) is 12.7 Å². The highest BCUT2D eigenvalue weighted by Gasteiger charge is 2.31. The Morgan fingerprint density at radius 2 is 1.88 bits per heavy atom. The molecule has 5 nitrogen and oxygen atoms in total. The molecular formula is C18H20F3N3O2. The van der Waals surface area contributed by atoms with Gasteiger partial charge in [-0.2, -0.15) is 13.2 Å². The fourth-order valence-electron chi connectivity index (χ4n) is 3.04. The molecule has 2 heterocycles. The first-order valence-electron chi connectivity index (χ1n) is 8.27. The van der Waals surface area contributed by atoms with Crippen molar-refractivity contribution < 1.29 is 17.9 Å². The first kappa shape index (κ1) is 18.3. The van der Waals surface area contributed by atoms with Crippen LogP contribution in [0.15, 0.2) is 41.3 Å². The van der Waals surface area contributed by atoms with Gasteiger partial charge >= 0.3 is 6.18 Å². The number of ether oxygens (including phenoxy) is 1. The molecule has 2 aromatic rings. The van der Waals surface area contributed by atoms with Gasteiger partial charge in [-0.25, -0.2) is 0 Å². The van der Waals surface area contributed by atoms with Crippen molar-refractivity contribution >= 4 is 5.69 Å². The standard InChI is InChI=1S/C18H20F3N3O2/c1-26-17-11-22-14(10-16(17)25)12-23-5-7-24(8-6-23)15-4-2-3-13(9-15)18(19,20)21/h2-4,9-11H,5-8,12H2,1H3,(H,22,25). The van der Waals surface area contributed by atoms with E-state index in [1.54, 1.807) is 6.07 Å². The SMILES string of the molecule is COc1c[nH]c(CN2CCN(c3cccc(C(F)(F)F)c3)CC2)cc1=O. The number of halogens is 3. The summed E-state index contributed by atoms with van der Waals surface area (Å²) < 4.78 is 43.5. The van der Waals surface area contributed by atoms with Crippen LogP contribution in [-0.4, -0.2) is 43.2 Å². The van der Waals surface area contributed by atoms with Gasteiger partial charge in [0.15, 0.2) is 5.75 Å². The average Bonchev–Trinajstić information content (AvgIpc) is 2.62.